The van der Waals surface area contributed by atoms with E-state index < -0.39 is 0 Å². The molecule has 0 aromatic heterocycles. The maximum atomic E-state index is 5.51. The van der Waals surface area contributed by atoms with Gasteiger partial charge in [-0.25, -0.2) is 0 Å². The highest BCUT2D eigenvalue weighted by atomic mass is 127. The molecule has 0 amide bonds. The standard InChI is InChI=1S/C22H37N5O.HI/c1-3-23-22(25(2)17-21-9-16-28-19-21)24-10-11-26-12-14-27(15-13-26)18-20-7-5-4-6-8-20;/h4-8,21H,3,9-19H2,1-2H3,(H,23,24);1H. The quantitative estimate of drug-likeness (QED) is 0.327. The van der Waals surface area contributed by atoms with Gasteiger partial charge in [0.2, 0.25) is 0 Å². The number of ether oxygens (including phenoxy) is 1. The van der Waals surface area contributed by atoms with E-state index in [9.17, 15) is 0 Å². The highest BCUT2D eigenvalue weighted by Gasteiger charge is 2.19. The predicted molar refractivity (Wildman–Crippen MR) is 131 cm³/mol. The molecule has 0 bridgehead atoms. The molecule has 2 aliphatic heterocycles. The molecule has 2 fully saturated rings. The third kappa shape index (κ3) is 8.39. The normalized spacial score (nSPS) is 21.0. The average Bonchev–Trinajstić information content (AvgIpc) is 3.22. The van der Waals surface area contributed by atoms with Crippen molar-refractivity contribution in [2.24, 2.45) is 10.9 Å². The summed E-state index contributed by atoms with van der Waals surface area (Å²) in [5.74, 6) is 1.66. The topological polar surface area (TPSA) is 43.3 Å². The molecule has 7 heteroatoms. The number of halogens is 1. The van der Waals surface area contributed by atoms with Crippen LogP contribution in [0.2, 0.25) is 0 Å². The Kier molecular flexibility index (Phi) is 11.3. The van der Waals surface area contributed by atoms with Crippen molar-refractivity contribution in [3.63, 3.8) is 0 Å². The van der Waals surface area contributed by atoms with E-state index in [0.717, 1.165) is 84.5 Å². The number of nitrogens with one attached hydrogen (secondary N) is 1. The molecule has 29 heavy (non-hydrogen) atoms. The lowest BCUT2D eigenvalue weighted by Crippen LogP contribution is -2.47. The van der Waals surface area contributed by atoms with Crippen molar-refractivity contribution in [1.29, 1.82) is 0 Å². The van der Waals surface area contributed by atoms with Gasteiger partial charge >= 0.3 is 0 Å². The SMILES string of the molecule is CCNC(=NCCN1CCN(Cc2ccccc2)CC1)N(C)CC1CCOC1.I. The molecule has 3 rings (SSSR count). The van der Waals surface area contributed by atoms with Gasteiger partial charge in [0, 0.05) is 71.9 Å². The van der Waals surface area contributed by atoms with Gasteiger partial charge in [0.15, 0.2) is 5.96 Å². The van der Waals surface area contributed by atoms with Crippen LogP contribution in [0.3, 0.4) is 0 Å². The van der Waals surface area contributed by atoms with Gasteiger partial charge in [-0.1, -0.05) is 30.3 Å². The average molecular weight is 515 g/mol. The van der Waals surface area contributed by atoms with E-state index in [1.807, 2.05) is 0 Å². The van der Waals surface area contributed by atoms with Crippen molar-refractivity contribution in [2.75, 3.05) is 72.6 Å². The highest BCUT2D eigenvalue weighted by molar-refractivity contribution is 14.0. The molecule has 6 nitrogen and oxygen atoms in total. The van der Waals surface area contributed by atoms with Crippen LogP contribution >= 0.6 is 24.0 Å². The molecule has 1 unspecified atom stereocenters. The van der Waals surface area contributed by atoms with Crippen LogP contribution in [0.25, 0.3) is 0 Å². The molecule has 0 aliphatic carbocycles. The highest BCUT2D eigenvalue weighted by Crippen LogP contribution is 2.13. The van der Waals surface area contributed by atoms with Crippen LogP contribution in [0.1, 0.15) is 18.9 Å². The second-order valence-corrected chi connectivity index (χ2v) is 7.95. The van der Waals surface area contributed by atoms with Gasteiger partial charge in [-0.05, 0) is 18.9 Å². The van der Waals surface area contributed by atoms with Gasteiger partial charge in [-0.15, -0.1) is 24.0 Å². The Balaban J connectivity index is 0.00000300. The van der Waals surface area contributed by atoms with Gasteiger partial charge in [0.05, 0.1) is 13.2 Å². The molecular weight excluding hydrogens is 477 g/mol. The lowest BCUT2D eigenvalue weighted by molar-refractivity contribution is 0.130. The van der Waals surface area contributed by atoms with Crippen LogP contribution in [0, 0.1) is 5.92 Å². The van der Waals surface area contributed by atoms with E-state index in [4.69, 9.17) is 9.73 Å². The minimum Gasteiger partial charge on any atom is -0.381 e. The van der Waals surface area contributed by atoms with E-state index in [1.54, 1.807) is 0 Å². The Hall–Kier alpha value is -0.900. The molecule has 1 N–H and O–H groups in total. The molecule has 1 aromatic carbocycles. The fourth-order valence-corrected chi connectivity index (χ4v) is 3.98. The first-order valence-corrected chi connectivity index (χ1v) is 10.8. The van der Waals surface area contributed by atoms with E-state index in [2.05, 4.69) is 64.3 Å². The Morgan fingerprint density at radius 2 is 1.90 bits per heavy atom. The number of rotatable bonds is 8. The van der Waals surface area contributed by atoms with Gasteiger partial charge < -0.3 is 15.0 Å². The van der Waals surface area contributed by atoms with Crippen LogP contribution < -0.4 is 5.32 Å². The number of piperazine rings is 1. The van der Waals surface area contributed by atoms with Crippen LogP contribution in [-0.4, -0.2) is 93.3 Å². The first-order valence-electron chi connectivity index (χ1n) is 10.8. The predicted octanol–water partition coefficient (Wildman–Crippen LogP) is 2.36. The zero-order valence-corrected chi connectivity index (χ0v) is 20.4. The van der Waals surface area contributed by atoms with Gasteiger partial charge in [0.1, 0.15) is 0 Å². The number of hydrogen-bond donors (Lipinski definition) is 1. The summed E-state index contributed by atoms with van der Waals surface area (Å²) < 4.78 is 5.51. The van der Waals surface area contributed by atoms with Gasteiger partial charge in [-0.2, -0.15) is 0 Å². The first-order chi connectivity index (χ1) is 13.7. The van der Waals surface area contributed by atoms with Gasteiger partial charge in [0.25, 0.3) is 0 Å². The third-order valence-electron chi connectivity index (χ3n) is 5.64. The molecule has 2 heterocycles. The van der Waals surface area contributed by atoms with E-state index in [0.29, 0.717) is 5.92 Å². The van der Waals surface area contributed by atoms with Crippen LogP contribution in [-0.2, 0) is 11.3 Å². The molecule has 2 aliphatic rings. The number of guanidine groups is 1. The zero-order chi connectivity index (χ0) is 19.6. The first kappa shape index (κ1) is 24.4. The number of aliphatic imine (C=N–C) groups is 1. The molecule has 0 saturated carbocycles. The molecule has 1 aromatic rings. The Morgan fingerprint density at radius 1 is 1.17 bits per heavy atom. The fraction of sp³-hybridized carbons (Fsp3) is 0.682. The number of benzene rings is 1. The zero-order valence-electron chi connectivity index (χ0n) is 18.1. The Morgan fingerprint density at radius 3 is 2.55 bits per heavy atom. The van der Waals surface area contributed by atoms with Crippen molar-refractivity contribution in [3.8, 4) is 0 Å². The molecule has 164 valence electrons. The maximum Gasteiger partial charge on any atom is 0.193 e. The number of nitrogens with zero attached hydrogens (tertiary/aromatic N) is 4. The summed E-state index contributed by atoms with van der Waals surface area (Å²) in [7, 11) is 2.14. The molecule has 2 saturated heterocycles. The molecule has 1 atom stereocenters. The minimum absolute atomic E-state index is 0. The number of hydrogen-bond acceptors (Lipinski definition) is 4. The third-order valence-corrected chi connectivity index (χ3v) is 5.64. The largest absolute Gasteiger partial charge is 0.381 e. The fourth-order valence-electron chi connectivity index (χ4n) is 3.98. The van der Waals surface area contributed by atoms with Crippen LogP contribution in [0.4, 0.5) is 0 Å². The van der Waals surface area contributed by atoms with E-state index in [1.165, 1.54) is 5.56 Å². The summed E-state index contributed by atoms with van der Waals surface area (Å²) in [6, 6.07) is 10.8. The van der Waals surface area contributed by atoms with Crippen molar-refractivity contribution < 1.29 is 4.74 Å². The summed E-state index contributed by atoms with van der Waals surface area (Å²) in [5.41, 5.74) is 1.41. The Labute approximate surface area is 193 Å². The summed E-state index contributed by atoms with van der Waals surface area (Å²) >= 11 is 0. The summed E-state index contributed by atoms with van der Waals surface area (Å²) in [4.78, 5) is 12.2. The van der Waals surface area contributed by atoms with Crippen molar-refractivity contribution in [2.45, 2.75) is 19.9 Å². The summed E-state index contributed by atoms with van der Waals surface area (Å²) in [6.45, 7) is 13.3. The monoisotopic (exact) mass is 515 g/mol. The second-order valence-electron chi connectivity index (χ2n) is 7.95. The summed E-state index contributed by atoms with van der Waals surface area (Å²) in [5, 5.41) is 3.44. The Bertz CT molecular complexity index is 586. The summed E-state index contributed by atoms with van der Waals surface area (Å²) in [6.07, 6.45) is 1.16. The van der Waals surface area contributed by atoms with E-state index >= 15 is 0 Å². The van der Waals surface area contributed by atoms with Crippen molar-refractivity contribution >= 4 is 29.9 Å². The van der Waals surface area contributed by atoms with Crippen molar-refractivity contribution in [3.05, 3.63) is 35.9 Å². The second kappa shape index (κ2) is 13.4. The molecular formula is C22H38IN5O. The minimum atomic E-state index is 0. The molecule has 0 radical (unpaired) electrons. The lowest BCUT2D eigenvalue weighted by atomic mass is 10.1. The van der Waals surface area contributed by atoms with Crippen LogP contribution in [0.5, 0.6) is 0 Å². The smallest absolute Gasteiger partial charge is 0.193 e. The van der Waals surface area contributed by atoms with Crippen LogP contribution in [0.15, 0.2) is 35.3 Å². The van der Waals surface area contributed by atoms with Gasteiger partial charge in [-0.3, -0.25) is 14.8 Å². The van der Waals surface area contributed by atoms with E-state index in [-0.39, 0.29) is 24.0 Å². The van der Waals surface area contributed by atoms with Crippen molar-refractivity contribution in [1.82, 2.24) is 20.0 Å². The maximum absolute atomic E-state index is 5.51. The molecule has 0 spiro atoms. The lowest BCUT2D eigenvalue weighted by Gasteiger charge is -2.34.